The van der Waals surface area contributed by atoms with Gasteiger partial charge in [-0.15, -0.1) is 6.58 Å². The predicted octanol–water partition coefficient (Wildman–Crippen LogP) is 13.5. The molecule has 52 heavy (non-hydrogen) atoms. The Morgan fingerprint density at radius 1 is 0.654 bits per heavy atom. The molecule has 3 atom stereocenters. The lowest BCUT2D eigenvalue weighted by Gasteiger charge is -2.50. The molecule has 0 N–H and O–H groups in total. The topological polar surface area (TPSA) is 54.0 Å². The molecule has 0 saturated carbocycles. The largest absolute Gasteiger partial charge is 0.466 e. The van der Waals surface area contributed by atoms with Gasteiger partial charge in [0.25, 0.3) is 0 Å². The van der Waals surface area contributed by atoms with Gasteiger partial charge in [-0.3, -0.25) is 0 Å². The second-order valence-corrected chi connectivity index (χ2v) is 33.0. The van der Waals surface area contributed by atoms with Crippen LogP contribution in [-0.4, -0.2) is 68.4 Å². The van der Waals surface area contributed by atoms with E-state index in [1.807, 2.05) is 27.7 Å². The molecule has 0 aromatic carbocycles. The number of methoxy groups -OCH3 is 1. The predicted molar refractivity (Wildman–Crippen MR) is 214 cm³/mol. The molecule has 0 radical (unpaired) electrons. The molecule has 13 heteroatoms. The fraction of sp³-hybridized carbons (Fsp3) is 0.872. The van der Waals surface area contributed by atoms with Crippen LogP contribution in [0, 0.1) is 0 Å². The fourth-order valence-electron chi connectivity index (χ4n) is 9.06. The molecule has 0 aromatic rings. The van der Waals surface area contributed by atoms with E-state index >= 15 is 0 Å². The van der Waals surface area contributed by atoms with Gasteiger partial charge in [0.05, 0.1) is 25.4 Å². The van der Waals surface area contributed by atoms with Gasteiger partial charge in [0.15, 0.2) is 8.32 Å². The van der Waals surface area contributed by atoms with Crippen LogP contribution in [0.25, 0.3) is 0 Å². The Labute approximate surface area is 317 Å². The molecule has 0 rings (SSSR count). The molecule has 0 heterocycles. The maximum atomic E-state index is 14.5. The smallest absolute Gasteiger partial charge is 0.453 e. The molecule has 0 bridgehead atoms. The van der Waals surface area contributed by atoms with Gasteiger partial charge in [-0.25, -0.2) is 4.79 Å². The van der Waals surface area contributed by atoms with Crippen molar-refractivity contribution in [2.75, 3.05) is 7.11 Å². The lowest BCUT2D eigenvalue weighted by atomic mass is 10.0. The average Bonchev–Trinajstić information content (AvgIpc) is 2.99. The van der Waals surface area contributed by atoms with E-state index in [9.17, 15) is 26.7 Å². The summed E-state index contributed by atoms with van der Waals surface area (Å²) in [5.74, 6) is -5.36. The minimum atomic E-state index is -5.64. The zero-order valence-corrected chi connectivity index (χ0v) is 38.5. The van der Waals surface area contributed by atoms with Crippen molar-refractivity contribution in [3.63, 3.8) is 0 Å². The SMILES string of the molecule is C=CC[C@@H](C[C@H](O[Si](C(C)C)(C(C)C)C(C)C)[C@H](/C=C/C(=O)OC)O[Si](C(C)C)(C(C)C)C(C)C)O[Si](CCC(F)(F)C(F)(F)F)(C(C)C)C(C)C. The number of ether oxygens (including phenoxy) is 1. The molecule has 0 spiro atoms. The van der Waals surface area contributed by atoms with E-state index in [1.165, 1.54) is 13.2 Å². The Morgan fingerprint density at radius 2 is 1.06 bits per heavy atom. The van der Waals surface area contributed by atoms with Gasteiger partial charge in [-0.2, -0.15) is 22.0 Å². The van der Waals surface area contributed by atoms with E-state index in [0.29, 0.717) is 6.42 Å². The van der Waals surface area contributed by atoms with Gasteiger partial charge in [0.2, 0.25) is 16.6 Å². The number of halogens is 5. The van der Waals surface area contributed by atoms with Crippen LogP contribution in [0.5, 0.6) is 0 Å². The Bertz CT molecular complexity index is 1050. The van der Waals surface area contributed by atoms with Crippen LogP contribution in [0.15, 0.2) is 24.8 Å². The highest BCUT2D eigenvalue weighted by molar-refractivity contribution is 6.78. The second-order valence-electron chi connectivity index (χ2n) is 17.2. The zero-order chi connectivity index (χ0) is 41.2. The first kappa shape index (κ1) is 51.1. The molecule has 0 amide bonds. The Morgan fingerprint density at radius 3 is 1.38 bits per heavy atom. The molecule has 0 unspecified atom stereocenters. The highest BCUT2D eigenvalue weighted by atomic mass is 28.4. The van der Waals surface area contributed by atoms with Crippen molar-refractivity contribution in [1.29, 1.82) is 0 Å². The van der Waals surface area contributed by atoms with Gasteiger partial charge >= 0.3 is 18.1 Å². The third kappa shape index (κ3) is 12.3. The highest BCUT2D eigenvalue weighted by Gasteiger charge is 2.59. The molecule has 0 fully saturated rings. The van der Waals surface area contributed by atoms with Crippen LogP contribution in [0.1, 0.15) is 130 Å². The van der Waals surface area contributed by atoms with Crippen LogP contribution in [0.3, 0.4) is 0 Å². The summed E-state index contributed by atoms with van der Waals surface area (Å²) in [7, 11) is -7.23. The quantitative estimate of drug-likeness (QED) is 0.0320. The van der Waals surface area contributed by atoms with Gasteiger partial charge < -0.3 is 18.0 Å². The van der Waals surface area contributed by atoms with Crippen LogP contribution in [0.4, 0.5) is 22.0 Å². The summed E-state index contributed by atoms with van der Waals surface area (Å²) in [4.78, 5) is 12.6. The third-order valence-corrected chi connectivity index (χ3v) is 29.5. The maximum Gasteiger partial charge on any atom is 0.453 e. The maximum absolute atomic E-state index is 14.5. The van der Waals surface area contributed by atoms with Gasteiger partial charge in [-0.1, -0.05) is 117 Å². The molecular weight excluding hydrogens is 728 g/mol. The fourth-order valence-corrected chi connectivity index (χ4v) is 24.8. The second kappa shape index (κ2) is 20.9. The first-order valence-electron chi connectivity index (χ1n) is 19.4. The van der Waals surface area contributed by atoms with Crippen LogP contribution >= 0.6 is 0 Å². The molecule has 0 saturated heterocycles. The van der Waals surface area contributed by atoms with E-state index in [4.69, 9.17) is 18.0 Å². The first-order valence-corrected chi connectivity index (χ1v) is 26.0. The van der Waals surface area contributed by atoms with E-state index in [-0.39, 0.29) is 56.8 Å². The summed E-state index contributed by atoms with van der Waals surface area (Å²) in [6, 6.07) is -0.358. The first-order chi connectivity index (χ1) is 23.6. The molecule has 0 aliphatic carbocycles. The standard InChI is InChI=1S/C39H75F5O5Si3/c1-19-20-34(47-50(26(2)3,27(4)5)24-23-38(40,41)39(42,43)44)25-36(49-52(31(12)13,32(14)15)33(16)17)35(21-22-37(45)46-18)48-51(28(6)7,29(8)9)30(10)11/h19,21-22,26-36H,1,20,23-25H2,2-18H3/b22-21+/t34-,35-,36-/m0/s1. The van der Waals surface area contributed by atoms with Crippen molar-refractivity contribution in [2.24, 2.45) is 0 Å². The number of esters is 1. The Kier molecular flexibility index (Phi) is 20.5. The summed E-state index contributed by atoms with van der Waals surface area (Å²) < 4.78 is 96.3. The van der Waals surface area contributed by atoms with Crippen molar-refractivity contribution in [1.82, 2.24) is 0 Å². The summed E-state index contributed by atoms with van der Waals surface area (Å²) in [6.07, 6.45) is -3.47. The van der Waals surface area contributed by atoms with Gasteiger partial charge in [0, 0.05) is 18.9 Å². The molecule has 308 valence electrons. The summed E-state index contributed by atoms with van der Waals surface area (Å²) in [5.41, 5.74) is 0.716. The van der Waals surface area contributed by atoms with Crippen molar-refractivity contribution < 1.29 is 44.8 Å². The summed E-state index contributed by atoms with van der Waals surface area (Å²) in [6.45, 7) is 37.7. The molecular formula is C39H75F5O5Si3. The molecule has 0 aromatic heterocycles. The zero-order valence-electron chi connectivity index (χ0n) is 35.5. The third-order valence-electron chi connectivity index (χ3n) is 11.6. The summed E-state index contributed by atoms with van der Waals surface area (Å²) in [5, 5.41) is 0. The number of rotatable bonds is 24. The van der Waals surface area contributed by atoms with Crippen molar-refractivity contribution >= 4 is 30.9 Å². The van der Waals surface area contributed by atoms with Gasteiger partial charge in [-0.05, 0) is 62.9 Å². The van der Waals surface area contributed by atoms with Crippen molar-refractivity contribution in [2.45, 2.75) is 211 Å². The molecule has 0 aliphatic rings. The molecule has 5 nitrogen and oxygen atoms in total. The van der Waals surface area contributed by atoms with Gasteiger partial charge in [0.1, 0.15) is 0 Å². The number of hydrogen-bond donors (Lipinski definition) is 0. The Hall–Kier alpha value is -0.869. The van der Waals surface area contributed by atoms with E-state index in [1.54, 1.807) is 12.2 Å². The normalized spacial score (nSPS) is 16.1. The number of carbonyl (C=O) groups excluding carboxylic acids is 1. The van der Waals surface area contributed by atoms with Crippen molar-refractivity contribution in [3.05, 3.63) is 24.8 Å². The van der Waals surface area contributed by atoms with E-state index < -0.39 is 67.8 Å². The number of carbonyl (C=O) groups is 1. The van der Waals surface area contributed by atoms with Crippen LogP contribution < -0.4 is 0 Å². The minimum Gasteiger partial charge on any atom is -0.466 e. The average molecular weight is 803 g/mol. The van der Waals surface area contributed by atoms with E-state index in [2.05, 4.69) is 89.7 Å². The Balaban J connectivity index is 7.85. The number of alkyl halides is 5. The minimum absolute atomic E-state index is 0.200. The number of hydrogen-bond acceptors (Lipinski definition) is 5. The summed E-state index contributed by atoms with van der Waals surface area (Å²) >= 11 is 0. The lowest BCUT2D eigenvalue weighted by Crippen LogP contribution is -2.57. The van der Waals surface area contributed by atoms with Crippen molar-refractivity contribution in [3.8, 4) is 0 Å². The van der Waals surface area contributed by atoms with Crippen LogP contribution in [-0.2, 0) is 22.8 Å². The highest BCUT2D eigenvalue weighted by Crippen LogP contribution is 2.49. The monoisotopic (exact) mass is 802 g/mol. The van der Waals surface area contributed by atoms with E-state index in [0.717, 1.165) is 0 Å². The molecule has 0 aliphatic heterocycles. The van der Waals surface area contributed by atoms with Crippen LogP contribution in [0.2, 0.25) is 50.4 Å². The lowest BCUT2D eigenvalue weighted by molar-refractivity contribution is -0.282.